The van der Waals surface area contributed by atoms with E-state index in [1.807, 2.05) is 0 Å². The fourth-order valence-electron chi connectivity index (χ4n) is 4.89. The average Bonchev–Trinajstić information content (AvgIpc) is 3.06. The molecule has 0 aliphatic heterocycles. The first kappa shape index (κ1) is 43.6. The monoisotopic (exact) mass is 643 g/mol. The topological polar surface area (TPSA) is 72.8 Å². The molecule has 0 fully saturated rings. The third-order valence-electron chi connectivity index (χ3n) is 7.78. The highest BCUT2D eigenvalue weighted by molar-refractivity contribution is 5.70. The van der Waals surface area contributed by atoms with E-state index in [0.717, 1.165) is 51.4 Å². The maximum absolute atomic E-state index is 12.1. The van der Waals surface area contributed by atoms with Gasteiger partial charge in [0.1, 0.15) is 6.61 Å². The van der Waals surface area contributed by atoms with Gasteiger partial charge in [0.25, 0.3) is 0 Å². The number of aliphatic hydroxyl groups excluding tert-OH is 1. The smallest absolute Gasteiger partial charge is 0.306 e. The normalized spacial score (nSPS) is 12.8. The third-order valence-corrected chi connectivity index (χ3v) is 7.78. The number of carbonyl (C=O) groups excluding carboxylic acids is 2. The second-order valence-electron chi connectivity index (χ2n) is 12.3. The summed E-state index contributed by atoms with van der Waals surface area (Å²) >= 11 is 0. The maximum Gasteiger partial charge on any atom is 0.306 e. The molecule has 46 heavy (non-hydrogen) atoms. The van der Waals surface area contributed by atoms with Gasteiger partial charge in [-0.05, 0) is 77.0 Å². The zero-order valence-electron chi connectivity index (χ0n) is 29.8. The Kier molecular flexibility index (Phi) is 35.1. The van der Waals surface area contributed by atoms with Crippen LogP contribution in [0.1, 0.15) is 168 Å². The molecule has 0 aromatic carbocycles. The van der Waals surface area contributed by atoms with Crippen LogP contribution in [-0.4, -0.2) is 36.4 Å². The second-order valence-corrected chi connectivity index (χ2v) is 12.3. The zero-order valence-corrected chi connectivity index (χ0v) is 29.8. The van der Waals surface area contributed by atoms with Crippen LogP contribution in [0.5, 0.6) is 0 Å². The van der Waals surface area contributed by atoms with Gasteiger partial charge < -0.3 is 14.6 Å². The number of allylic oxidation sites excluding steroid dienone is 10. The molecule has 0 rings (SSSR count). The molecule has 5 heteroatoms. The summed E-state index contributed by atoms with van der Waals surface area (Å²) in [6.45, 7) is 4.04. The molecule has 1 N–H and O–H groups in total. The minimum atomic E-state index is -0.804. The molecule has 0 bridgehead atoms. The molecule has 0 aliphatic carbocycles. The maximum atomic E-state index is 12.1. The van der Waals surface area contributed by atoms with Crippen LogP contribution >= 0.6 is 0 Å². The summed E-state index contributed by atoms with van der Waals surface area (Å²) in [6.07, 6.45) is 47.1. The molecule has 0 unspecified atom stereocenters. The van der Waals surface area contributed by atoms with E-state index >= 15 is 0 Å². The Labute approximate surface area is 283 Å². The molecule has 0 aliphatic rings. The summed E-state index contributed by atoms with van der Waals surface area (Å²) in [5.74, 6) is -0.670. The summed E-state index contributed by atoms with van der Waals surface area (Å²) in [5.41, 5.74) is 0. The Bertz CT molecular complexity index is 823. The van der Waals surface area contributed by atoms with E-state index in [2.05, 4.69) is 74.6 Å². The Balaban J connectivity index is 3.70. The van der Waals surface area contributed by atoms with Crippen LogP contribution in [0.4, 0.5) is 0 Å². The first-order valence-electron chi connectivity index (χ1n) is 18.8. The third kappa shape index (κ3) is 34.5. The zero-order chi connectivity index (χ0) is 33.6. The summed E-state index contributed by atoms with van der Waals surface area (Å²) in [4.78, 5) is 24.2. The predicted octanol–water partition coefficient (Wildman–Crippen LogP) is 11.6. The standard InChI is InChI=1S/C41H70O5/c1-3-5-7-9-11-13-15-17-19-20-22-24-26-28-30-32-34-36-41(44)46-39(37-42)38-45-40(43)35-33-31-29-27-25-23-21-18-16-14-12-10-8-6-4-2/h11,13,17-19,21-22,24,28,30,39,42H,3-10,12,14-16,20,23,25-27,29,31-38H2,1-2H3/b13-11-,19-17-,21-18-,24-22-,30-28-/t39-/m0/s1. The predicted molar refractivity (Wildman–Crippen MR) is 196 cm³/mol. The molecule has 0 amide bonds. The molecule has 5 nitrogen and oxygen atoms in total. The van der Waals surface area contributed by atoms with Crippen molar-refractivity contribution in [2.75, 3.05) is 13.2 Å². The fraction of sp³-hybridized carbons (Fsp3) is 0.707. The highest BCUT2D eigenvalue weighted by Gasteiger charge is 2.15. The molecular formula is C41H70O5. The molecule has 0 heterocycles. The van der Waals surface area contributed by atoms with Gasteiger partial charge in [-0.3, -0.25) is 9.59 Å². The highest BCUT2D eigenvalue weighted by atomic mass is 16.6. The lowest BCUT2D eigenvalue weighted by atomic mass is 10.1. The van der Waals surface area contributed by atoms with E-state index in [9.17, 15) is 14.7 Å². The fourth-order valence-corrected chi connectivity index (χ4v) is 4.89. The van der Waals surface area contributed by atoms with E-state index in [4.69, 9.17) is 9.47 Å². The number of unbranched alkanes of at least 4 members (excludes halogenated alkanes) is 15. The number of ether oxygens (including phenoxy) is 2. The van der Waals surface area contributed by atoms with Crippen LogP contribution in [0.2, 0.25) is 0 Å². The molecular weight excluding hydrogens is 572 g/mol. The SMILES string of the molecule is CCCCC/C=C\C/C=C\C/C=C\C/C=C\CCCC(=O)O[C@@H](CO)COC(=O)CCCCCCC/C=C\CCCCCCCC. The average molecular weight is 643 g/mol. The lowest BCUT2D eigenvalue weighted by Crippen LogP contribution is -2.28. The van der Waals surface area contributed by atoms with Crippen molar-refractivity contribution >= 4 is 11.9 Å². The van der Waals surface area contributed by atoms with Crippen LogP contribution < -0.4 is 0 Å². The Morgan fingerprint density at radius 3 is 1.43 bits per heavy atom. The molecule has 0 aromatic rings. The van der Waals surface area contributed by atoms with Crippen molar-refractivity contribution in [1.82, 2.24) is 0 Å². The van der Waals surface area contributed by atoms with Crippen molar-refractivity contribution in [3.05, 3.63) is 60.8 Å². The van der Waals surface area contributed by atoms with Crippen molar-refractivity contribution in [1.29, 1.82) is 0 Å². The number of hydrogen-bond acceptors (Lipinski definition) is 5. The molecule has 1 atom stereocenters. The molecule has 0 aromatic heterocycles. The minimum absolute atomic E-state index is 0.0939. The number of hydrogen-bond donors (Lipinski definition) is 1. The first-order valence-corrected chi connectivity index (χ1v) is 18.8. The van der Waals surface area contributed by atoms with Crippen LogP contribution in [0.25, 0.3) is 0 Å². The van der Waals surface area contributed by atoms with Gasteiger partial charge in [0.05, 0.1) is 6.61 Å². The lowest BCUT2D eigenvalue weighted by molar-refractivity contribution is -0.161. The van der Waals surface area contributed by atoms with E-state index in [1.54, 1.807) is 0 Å². The molecule has 0 radical (unpaired) electrons. The second kappa shape index (κ2) is 37.1. The summed E-state index contributed by atoms with van der Waals surface area (Å²) in [6, 6.07) is 0. The van der Waals surface area contributed by atoms with Crippen LogP contribution in [0.3, 0.4) is 0 Å². The van der Waals surface area contributed by atoms with Gasteiger partial charge in [-0.1, -0.05) is 139 Å². The van der Waals surface area contributed by atoms with Crippen molar-refractivity contribution < 1.29 is 24.2 Å². The number of esters is 2. The Hall–Kier alpha value is -2.40. The highest BCUT2D eigenvalue weighted by Crippen LogP contribution is 2.11. The van der Waals surface area contributed by atoms with Crippen LogP contribution in [0, 0.1) is 0 Å². The summed E-state index contributed by atoms with van der Waals surface area (Å²) in [7, 11) is 0. The van der Waals surface area contributed by atoms with Gasteiger partial charge >= 0.3 is 11.9 Å². The van der Waals surface area contributed by atoms with Crippen LogP contribution in [0.15, 0.2) is 60.8 Å². The number of carbonyl (C=O) groups is 2. The largest absolute Gasteiger partial charge is 0.462 e. The van der Waals surface area contributed by atoms with Gasteiger partial charge in [0, 0.05) is 12.8 Å². The lowest BCUT2D eigenvalue weighted by Gasteiger charge is -2.15. The van der Waals surface area contributed by atoms with Gasteiger partial charge in [0.15, 0.2) is 6.10 Å². The first-order chi connectivity index (χ1) is 22.6. The van der Waals surface area contributed by atoms with E-state index in [-0.39, 0.29) is 31.6 Å². The van der Waals surface area contributed by atoms with Crippen molar-refractivity contribution in [2.24, 2.45) is 0 Å². The minimum Gasteiger partial charge on any atom is -0.462 e. The molecule has 264 valence electrons. The van der Waals surface area contributed by atoms with E-state index < -0.39 is 6.10 Å². The number of aliphatic hydroxyl groups is 1. The van der Waals surface area contributed by atoms with Crippen molar-refractivity contribution in [3.8, 4) is 0 Å². The number of rotatable bonds is 33. The Morgan fingerprint density at radius 2 is 0.891 bits per heavy atom. The molecule has 0 saturated heterocycles. The van der Waals surface area contributed by atoms with E-state index in [1.165, 1.54) is 83.5 Å². The molecule has 0 spiro atoms. The van der Waals surface area contributed by atoms with Crippen LogP contribution in [-0.2, 0) is 19.1 Å². The summed E-state index contributed by atoms with van der Waals surface area (Å²) < 4.78 is 10.5. The van der Waals surface area contributed by atoms with Crippen molar-refractivity contribution in [2.45, 2.75) is 174 Å². The van der Waals surface area contributed by atoms with Gasteiger partial charge in [-0.25, -0.2) is 0 Å². The molecule has 0 saturated carbocycles. The Morgan fingerprint density at radius 1 is 0.500 bits per heavy atom. The van der Waals surface area contributed by atoms with Gasteiger partial charge in [-0.2, -0.15) is 0 Å². The van der Waals surface area contributed by atoms with Crippen molar-refractivity contribution in [3.63, 3.8) is 0 Å². The van der Waals surface area contributed by atoms with Gasteiger partial charge in [0.2, 0.25) is 0 Å². The van der Waals surface area contributed by atoms with E-state index in [0.29, 0.717) is 12.8 Å². The van der Waals surface area contributed by atoms with Gasteiger partial charge in [-0.15, -0.1) is 0 Å². The quantitative estimate of drug-likeness (QED) is 0.0438. The summed E-state index contributed by atoms with van der Waals surface area (Å²) in [5, 5.41) is 9.53.